The van der Waals surface area contributed by atoms with E-state index in [-0.39, 0.29) is 30.1 Å². The Bertz CT molecular complexity index is 1160. The van der Waals surface area contributed by atoms with Gasteiger partial charge in [-0.3, -0.25) is 18.7 Å². The highest BCUT2D eigenvalue weighted by molar-refractivity contribution is 6.04. The van der Waals surface area contributed by atoms with Crippen LogP contribution in [0.15, 0.2) is 53.3 Å². The summed E-state index contributed by atoms with van der Waals surface area (Å²) in [6.45, 7) is 2.49. The van der Waals surface area contributed by atoms with E-state index in [1.54, 1.807) is 28.8 Å². The first-order valence-corrected chi connectivity index (χ1v) is 11.0. The first kappa shape index (κ1) is 20.9. The maximum Gasteiger partial charge on any atom is 0.329 e. The van der Waals surface area contributed by atoms with E-state index >= 15 is 0 Å². The van der Waals surface area contributed by atoms with Gasteiger partial charge in [0.15, 0.2) is 0 Å². The van der Waals surface area contributed by atoms with Crippen molar-refractivity contribution in [1.29, 1.82) is 0 Å². The van der Waals surface area contributed by atoms with E-state index < -0.39 is 0 Å². The monoisotopic (exact) mass is 420 g/mol. The van der Waals surface area contributed by atoms with Gasteiger partial charge in [-0.2, -0.15) is 0 Å². The zero-order valence-electron chi connectivity index (χ0n) is 17.8. The van der Waals surface area contributed by atoms with Crippen molar-refractivity contribution in [1.82, 2.24) is 14.5 Å². The molecule has 0 radical (unpaired) electrons. The fourth-order valence-electron chi connectivity index (χ4n) is 4.32. The van der Waals surface area contributed by atoms with Gasteiger partial charge < -0.3 is 10.6 Å². The summed E-state index contributed by atoms with van der Waals surface area (Å²) in [5, 5.41) is 5.89. The van der Waals surface area contributed by atoms with Crippen molar-refractivity contribution in [3.63, 3.8) is 0 Å². The van der Waals surface area contributed by atoms with Crippen molar-refractivity contribution in [3.05, 3.63) is 64.6 Å². The number of nitrogens with one attached hydrogen (secondary N) is 2. The van der Waals surface area contributed by atoms with Crippen LogP contribution in [0.25, 0.3) is 11.0 Å². The summed E-state index contributed by atoms with van der Waals surface area (Å²) >= 11 is 0. The van der Waals surface area contributed by atoms with Crippen molar-refractivity contribution in [2.75, 3.05) is 5.32 Å². The van der Waals surface area contributed by atoms with Gasteiger partial charge in [-0.05, 0) is 43.5 Å². The standard InChI is InChI=1S/C24H28N4O3/c1-2-15-27-20-13-7-8-14-21(20)28(24(27)31)16-22(29)26-19-12-6-5-11-18(19)23(30)25-17-9-3-4-10-17/h5-8,11-14,17H,2-4,9-10,15-16H2,1H3,(H,25,30)(H,26,29). The van der Waals surface area contributed by atoms with E-state index in [0.717, 1.165) is 43.1 Å². The molecule has 2 aromatic carbocycles. The molecule has 7 heteroatoms. The van der Waals surface area contributed by atoms with Crippen LogP contribution in [0.3, 0.4) is 0 Å². The maximum absolute atomic E-state index is 12.9. The highest BCUT2D eigenvalue weighted by Gasteiger charge is 2.21. The third-order valence-corrected chi connectivity index (χ3v) is 5.81. The van der Waals surface area contributed by atoms with Crippen molar-refractivity contribution < 1.29 is 9.59 Å². The highest BCUT2D eigenvalue weighted by Crippen LogP contribution is 2.20. The summed E-state index contributed by atoms with van der Waals surface area (Å²) in [7, 11) is 0. The summed E-state index contributed by atoms with van der Waals surface area (Å²) in [6.07, 6.45) is 5.06. The summed E-state index contributed by atoms with van der Waals surface area (Å²) in [5.74, 6) is -0.526. The minimum absolute atomic E-state index is 0.116. The second-order valence-electron chi connectivity index (χ2n) is 8.06. The molecule has 0 aliphatic heterocycles. The molecule has 1 heterocycles. The molecule has 0 atom stereocenters. The zero-order valence-corrected chi connectivity index (χ0v) is 17.8. The Morgan fingerprint density at radius 1 is 0.968 bits per heavy atom. The predicted octanol–water partition coefficient (Wildman–Crippen LogP) is 3.52. The number of carbonyl (C=O) groups is 2. The second kappa shape index (κ2) is 9.20. The SMILES string of the molecule is CCCn1c(=O)n(CC(=O)Nc2ccccc2C(=O)NC2CCCC2)c2ccccc21. The molecule has 1 fully saturated rings. The van der Waals surface area contributed by atoms with Gasteiger partial charge in [0.2, 0.25) is 5.91 Å². The molecule has 7 nitrogen and oxygen atoms in total. The molecule has 0 spiro atoms. The fourth-order valence-corrected chi connectivity index (χ4v) is 4.32. The summed E-state index contributed by atoms with van der Waals surface area (Å²) in [4.78, 5) is 38.5. The normalized spacial score (nSPS) is 14.1. The third kappa shape index (κ3) is 4.40. The molecule has 1 aromatic heterocycles. The summed E-state index contributed by atoms with van der Waals surface area (Å²) < 4.78 is 3.19. The van der Waals surface area contributed by atoms with Gasteiger partial charge in [-0.1, -0.05) is 44.0 Å². The van der Waals surface area contributed by atoms with Gasteiger partial charge in [0.25, 0.3) is 5.91 Å². The third-order valence-electron chi connectivity index (χ3n) is 5.81. The van der Waals surface area contributed by atoms with Crippen LogP contribution in [0, 0.1) is 0 Å². The van der Waals surface area contributed by atoms with Crippen LogP contribution in [0.4, 0.5) is 5.69 Å². The van der Waals surface area contributed by atoms with Gasteiger partial charge in [0, 0.05) is 12.6 Å². The first-order chi connectivity index (χ1) is 15.1. The Hall–Kier alpha value is -3.35. The van der Waals surface area contributed by atoms with Crippen LogP contribution in [0.1, 0.15) is 49.4 Å². The molecule has 4 rings (SSSR count). The lowest BCUT2D eigenvalue weighted by Crippen LogP contribution is -2.33. The number of fused-ring (bicyclic) bond motifs is 1. The van der Waals surface area contributed by atoms with Gasteiger partial charge in [-0.15, -0.1) is 0 Å². The van der Waals surface area contributed by atoms with Crippen LogP contribution in [-0.2, 0) is 17.9 Å². The topological polar surface area (TPSA) is 85.1 Å². The Kier molecular flexibility index (Phi) is 6.21. The van der Waals surface area contributed by atoms with E-state index in [9.17, 15) is 14.4 Å². The number of hydrogen-bond donors (Lipinski definition) is 2. The number of benzene rings is 2. The minimum Gasteiger partial charge on any atom is -0.349 e. The number of nitrogens with zero attached hydrogens (tertiary/aromatic N) is 2. The first-order valence-electron chi connectivity index (χ1n) is 11.0. The van der Waals surface area contributed by atoms with Gasteiger partial charge >= 0.3 is 5.69 Å². The minimum atomic E-state index is -0.345. The summed E-state index contributed by atoms with van der Waals surface area (Å²) in [6, 6.07) is 14.7. The number of aromatic nitrogens is 2. The molecular formula is C24H28N4O3. The van der Waals surface area contributed by atoms with E-state index in [0.29, 0.717) is 17.8 Å². The van der Waals surface area contributed by atoms with Crippen molar-refractivity contribution in [3.8, 4) is 0 Å². The quantitative estimate of drug-likeness (QED) is 0.613. The molecule has 1 aliphatic rings. The van der Waals surface area contributed by atoms with Crippen LogP contribution >= 0.6 is 0 Å². The second-order valence-corrected chi connectivity index (χ2v) is 8.06. The molecular weight excluding hydrogens is 392 g/mol. The highest BCUT2D eigenvalue weighted by atomic mass is 16.2. The van der Waals surface area contributed by atoms with E-state index in [4.69, 9.17) is 0 Å². The number of rotatable bonds is 7. The smallest absolute Gasteiger partial charge is 0.329 e. The molecule has 0 unspecified atom stereocenters. The van der Waals surface area contributed by atoms with Crippen LogP contribution in [-0.4, -0.2) is 27.0 Å². The van der Waals surface area contributed by atoms with Gasteiger partial charge in [0.05, 0.1) is 22.3 Å². The van der Waals surface area contributed by atoms with Crippen LogP contribution < -0.4 is 16.3 Å². The number of para-hydroxylation sites is 3. The maximum atomic E-state index is 12.9. The predicted molar refractivity (Wildman–Crippen MR) is 121 cm³/mol. The molecule has 1 aliphatic carbocycles. The Morgan fingerprint density at radius 2 is 1.61 bits per heavy atom. The average molecular weight is 421 g/mol. The molecule has 3 aromatic rings. The van der Waals surface area contributed by atoms with Gasteiger partial charge in [0.1, 0.15) is 6.54 Å². The molecule has 31 heavy (non-hydrogen) atoms. The van der Waals surface area contributed by atoms with Crippen molar-refractivity contribution in [2.24, 2.45) is 0 Å². The Labute approximate surface area is 181 Å². The number of aryl methyl sites for hydroxylation is 1. The zero-order chi connectivity index (χ0) is 21.8. The lowest BCUT2D eigenvalue weighted by atomic mass is 10.1. The largest absolute Gasteiger partial charge is 0.349 e. The van der Waals surface area contributed by atoms with Gasteiger partial charge in [-0.25, -0.2) is 4.79 Å². The lowest BCUT2D eigenvalue weighted by molar-refractivity contribution is -0.116. The number of carbonyl (C=O) groups excluding carboxylic acids is 2. The molecule has 2 amide bonds. The van der Waals surface area contributed by atoms with Crippen LogP contribution in [0.5, 0.6) is 0 Å². The summed E-state index contributed by atoms with van der Waals surface area (Å²) in [5.41, 5.74) is 2.23. The number of amides is 2. The number of imidazole rings is 1. The molecule has 0 bridgehead atoms. The lowest BCUT2D eigenvalue weighted by Gasteiger charge is -2.15. The molecule has 1 saturated carbocycles. The Balaban J connectivity index is 1.54. The number of hydrogen-bond acceptors (Lipinski definition) is 3. The fraction of sp³-hybridized carbons (Fsp3) is 0.375. The Morgan fingerprint density at radius 3 is 2.32 bits per heavy atom. The van der Waals surface area contributed by atoms with Crippen molar-refractivity contribution >= 4 is 28.5 Å². The van der Waals surface area contributed by atoms with E-state index in [1.807, 2.05) is 31.2 Å². The number of anilines is 1. The van der Waals surface area contributed by atoms with Crippen molar-refractivity contribution in [2.45, 2.75) is 58.2 Å². The molecule has 162 valence electrons. The average Bonchev–Trinajstić information content (AvgIpc) is 3.37. The van der Waals surface area contributed by atoms with Crippen LogP contribution in [0.2, 0.25) is 0 Å². The molecule has 0 saturated heterocycles. The van der Waals surface area contributed by atoms with E-state index in [1.165, 1.54) is 4.57 Å². The molecule has 2 N–H and O–H groups in total. The van der Waals surface area contributed by atoms with E-state index in [2.05, 4.69) is 10.6 Å².